The quantitative estimate of drug-likeness (QED) is 0.692. The van der Waals surface area contributed by atoms with Gasteiger partial charge in [0.15, 0.2) is 0 Å². The van der Waals surface area contributed by atoms with Crippen LogP contribution in [0.3, 0.4) is 0 Å². The number of aryl methyl sites for hydroxylation is 2. The molecule has 0 unspecified atom stereocenters. The number of hydrogen-bond donors (Lipinski definition) is 0. The van der Waals surface area contributed by atoms with Crippen molar-refractivity contribution >= 4 is 0 Å². The molecular weight excluding hydrogens is 181 g/mol. The topological polar surface area (TPSA) is 26.0 Å². The van der Waals surface area contributed by atoms with E-state index in [1.165, 1.54) is 6.07 Å². The number of hydrogen-bond acceptors (Lipinski definition) is 2. The highest BCUT2D eigenvalue weighted by Crippen LogP contribution is 2.23. The SMILES string of the molecule is Cc1ccc(F)c(-c2ncc(C)o2)c1. The van der Waals surface area contributed by atoms with Gasteiger partial charge in [0.1, 0.15) is 11.6 Å². The summed E-state index contributed by atoms with van der Waals surface area (Å²) < 4.78 is 18.6. The molecule has 1 aromatic heterocycles. The second kappa shape index (κ2) is 3.25. The second-order valence-electron chi connectivity index (χ2n) is 3.26. The molecule has 2 nitrogen and oxygen atoms in total. The summed E-state index contributed by atoms with van der Waals surface area (Å²) in [5.74, 6) is 0.710. The fraction of sp³-hybridized carbons (Fsp3) is 0.182. The number of benzene rings is 1. The van der Waals surface area contributed by atoms with E-state index in [0.29, 0.717) is 17.2 Å². The monoisotopic (exact) mass is 191 g/mol. The van der Waals surface area contributed by atoms with Crippen molar-refractivity contribution in [2.75, 3.05) is 0 Å². The molecule has 0 bridgehead atoms. The van der Waals surface area contributed by atoms with Gasteiger partial charge in [-0.15, -0.1) is 0 Å². The number of nitrogens with zero attached hydrogens (tertiary/aromatic N) is 1. The zero-order valence-corrected chi connectivity index (χ0v) is 8.04. The molecule has 2 aromatic rings. The summed E-state index contributed by atoms with van der Waals surface area (Å²) in [6, 6.07) is 4.86. The first-order valence-corrected chi connectivity index (χ1v) is 4.36. The zero-order chi connectivity index (χ0) is 10.1. The Hall–Kier alpha value is -1.64. The second-order valence-corrected chi connectivity index (χ2v) is 3.26. The molecule has 0 atom stereocenters. The molecule has 0 saturated heterocycles. The van der Waals surface area contributed by atoms with Crippen LogP contribution in [0, 0.1) is 19.7 Å². The van der Waals surface area contributed by atoms with Crippen LogP contribution in [-0.2, 0) is 0 Å². The van der Waals surface area contributed by atoms with Gasteiger partial charge in [0.25, 0.3) is 0 Å². The smallest absolute Gasteiger partial charge is 0.229 e. The van der Waals surface area contributed by atoms with E-state index in [-0.39, 0.29) is 5.82 Å². The van der Waals surface area contributed by atoms with Crippen LogP contribution in [0.15, 0.2) is 28.8 Å². The van der Waals surface area contributed by atoms with Gasteiger partial charge in [0.2, 0.25) is 5.89 Å². The predicted molar refractivity (Wildman–Crippen MR) is 51.4 cm³/mol. The van der Waals surface area contributed by atoms with E-state index in [9.17, 15) is 4.39 Å². The van der Waals surface area contributed by atoms with E-state index in [1.54, 1.807) is 25.3 Å². The largest absolute Gasteiger partial charge is 0.441 e. The van der Waals surface area contributed by atoms with Crippen molar-refractivity contribution < 1.29 is 8.81 Å². The van der Waals surface area contributed by atoms with Crippen LogP contribution in [0.4, 0.5) is 4.39 Å². The van der Waals surface area contributed by atoms with Crippen molar-refractivity contribution in [1.29, 1.82) is 0 Å². The molecule has 72 valence electrons. The zero-order valence-electron chi connectivity index (χ0n) is 8.04. The van der Waals surface area contributed by atoms with Crippen molar-refractivity contribution in [3.05, 3.63) is 41.5 Å². The number of oxazole rings is 1. The molecule has 2 rings (SSSR count). The molecule has 0 aliphatic rings. The highest BCUT2D eigenvalue weighted by Gasteiger charge is 2.09. The summed E-state index contributed by atoms with van der Waals surface area (Å²) in [7, 11) is 0. The lowest BCUT2D eigenvalue weighted by molar-refractivity contribution is 0.534. The first-order chi connectivity index (χ1) is 6.66. The average molecular weight is 191 g/mol. The van der Waals surface area contributed by atoms with Crippen LogP contribution < -0.4 is 0 Å². The fourth-order valence-electron chi connectivity index (χ4n) is 1.28. The van der Waals surface area contributed by atoms with Gasteiger partial charge in [-0.2, -0.15) is 0 Å². The number of aromatic nitrogens is 1. The number of halogens is 1. The molecule has 0 radical (unpaired) electrons. The van der Waals surface area contributed by atoms with Crippen LogP contribution >= 0.6 is 0 Å². The summed E-state index contributed by atoms with van der Waals surface area (Å²) in [5.41, 5.74) is 1.40. The molecule has 0 saturated carbocycles. The van der Waals surface area contributed by atoms with Crippen LogP contribution in [0.2, 0.25) is 0 Å². The normalized spacial score (nSPS) is 10.5. The minimum atomic E-state index is -0.308. The lowest BCUT2D eigenvalue weighted by Gasteiger charge is -1.99. The molecule has 0 aliphatic heterocycles. The maximum Gasteiger partial charge on any atom is 0.229 e. The van der Waals surface area contributed by atoms with E-state index < -0.39 is 0 Å². The molecule has 0 aliphatic carbocycles. The van der Waals surface area contributed by atoms with Crippen molar-refractivity contribution in [3.63, 3.8) is 0 Å². The van der Waals surface area contributed by atoms with Crippen LogP contribution in [-0.4, -0.2) is 4.98 Å². The Labute approximate surface area is 81.4 Å². The number of rotatable bonds is 1. The first kappa shape index (κ1) is 8.94. The Bertz CT molecular complexity index is 462. The minimum absolute atomic E-state index is 0.308. The molecule has 0 N–H and O–H groups in total. The lowest BCUT2D eigenvalue weighted by Crippen LogP contribution is -1.85. The third-order valence-corrected chi connectivity index (χ3v) is 1.97. The third-order valence-electron chi connectivity index (χ3n) is 1.97. The van der Waals surface area contributed by atoms with E-state index >= 15 is 0 Å². The molecule has 0 spiro atoms. The van der Waals surface area contributed by atoms with Crippen molar-refractivity contribution in [3.8, 4) is 11.5 Å². The summed E-state index contributed by atoms with van der Waals surface area (Å²) in [5, 5.41) is 0. The summed E-state index contributed by atoms with van der Waals surface area (Å²) in [4.78, 5) is 3.98. The molecule has 14 heavy (non-hydrogen) atoms. The van der Waals surface area contributed by atoms with Gasteiger partial charge in [0.05, 0.1) is 11.8 Å². The van der Waals surface area contributed by atoms with E-state index in [2.05, 4.69) is 4.98 Å². The third kappa shape index (κ3) is 1.53. The Morgan fingerprint density at radius 3 is 2.71 bits per heavy atom. The molecule has 1 heterocycles. The van der Waals surface area contributed by atoms with Crippen LogP contribution in [0.25, 0.3) is 11.5 Å². The van der Waals surface area contributed by atoms with Gasteiger partial charge in [-0.25, -0.2) is 9.37 Å². The summed E-state index contributed by atoms with van der Waals surface area (Å²) in [6.45, 7) is 3.68. The maximum absolute atomic E-state index is 13.4. The van der Waals surface area contributed by atoms with E-state index in [4.69, 9.17) is 4.42 Å². The molecule has 0 amide bonds. The van der Waals surface area contributed by atoms with Crippen molar-refractivity contribution in [1.82, 2.24) is 4.98 Å². The first-order valence-electron chi connectivity index (χ1n) is 4.36. The lowest BCUT2D eigenvalue weighted by atomic mass is 10.1. The van der Waals surface area contributed by atoms with Gasteiger partial charge in [-0.3, -0.25) is 0 Å². The van der Waals surface area contributed by atoms with Crippen molar-refractivity contribution in [2.24, 2.45) is 0 Å². The minimum Gasteiger partial charge on any atom is -0.441 e. The Balaban J connectivity index is 2.55. The Kier molecular flexibility index (Phi) is 2.08. The van der Waals surface area contributed by atoms with Crippen LogP contribution in [0.5, 0.6) is 0 Å². The summed E-state index contributed by atoms with van der Waals surface area (Å²) >= 11 is 0. The summed E-state index contributed by atoms with van der Waals surface area (Å²) in [6.07, 6.45) is 1.58. The van der Waals surface area contributed by atoms with Crippen molar-refractivity contribution in [2.45, 2.75) is 13.8 Å². The predicted octanol–water partition coefficient (Wildman–Crippen LogP) is 3.10. The van der Waals surface area contributed by atoms with Gasteiger partial charge in [-0.05, 0) is 26.0 Å². The van der Waals surface area contributed by atoms with Gasteiger partial charge in [0, 0.05) is 0 Å². The highest BCUT2D eigenvalue weighted by atomic mass is 19.1. The van der Waals surface area contributed by atoms with Gasteiger partial charge in [-0.1, -0.05) is 11.6 Å². The van der Waals surface area contributed by atoms with Crippen LogP contribution in [0.1, 0.15) is 11.3 Å². The highest BCUT2D eigenvalue weighted by molar-refractivity contribution is 5.55. The maximum atomic E-state index is 13.4. The standard InChI is InChI=1S/C11H10FNO/c1-7-3-4-10(12)9(5-7)11-13-6-8(2)14-11/h3-6H,1-2H3. The average Bonchev–Trinajstić information content (AvgIpc) is 2.56. The van der Waals surface area contributed by atoms with E-state index in [1.807, 2.05) is 6.92 Å². The molecule has 0 fully saturated rings. The Morgan fingerprint density at radius 1 is 1.29 bits per heavy atom. The Morgan fingerprint density at radius 2 is 2.07 bits per heavy atom. The van der Waals surface area contributed by atoms with Gasteiger partial charge < -0.3 is 4.42 Å². The fourth-order valence-corrected chi connectivity index (χ4v) is 1.28. The molecule has 3 heteroatoms. The molecule has 1 aromatic carbocycles. The van der Waals surface area contributed by atoms with E-state index in [0.717, 1.165) is 5.56 Å². The molecular formula is C11H10FNO. The van der Waals surface area contributed by atoms with Gasteiger partial charge >= 0.3 is 0 Å².